The third-order valence-electron chi connectivity index (χ3n) is 9.02. The van der Waals surface area contributed by atoms with E-state index in [2.05, 4.69) is 51.0 Å². The van der Waals surface area contributed by atoms with Crippen molar-refractivity contribution in [2.75, 3.05) is 74.6 Å². The molecule has 2 fully saturated rings. The Bertz CT molecular complexity index is 1840. The first-order chi connectivity index (χ1) is 24.3. The second-order valence-corrected chi connectivity index (χ2v) is 12.7. The second kappa shape index (κ2) is 21.6. The van der Waals surface area contributed by atoms with Crippen molar-refractivity contribution in [3.63, 3.8) is 0 Å². The normalized spacial score (nSPS) is 15.7. The van der Waals surface area contributed by atoms with Crippen molar-refractivity contribution in [3.8, 4) is 0 Å². The summed E-state index contributed by atoms with van der Waals surface area (Å²) >= 11 is 5.49. The summed E-state index contributed by atoms with van der Waals surface area (Å²) in [6.45, 7) is 10.1. The van der Waals surface area contributed by atoms with Crippen molar-refractivity contribution in [1.29, 1.82) is 0 Å². The maximum Gasteiger partial charge on any atom is 0.261 e. The van der Waals surface area contributed by atoms with Crippen molar-refractivity contribution < 1.29 is 19.2 Å². The Labute approximate surface area is 338 Å². The average Bonchev–Trinajstić information content (AvgIpc) is 3.93. The molecule has 0 unspecified atom stereocenters. The summed E-state index contributed by atoms with van der Waals surface area (Å²) in [7, 11) is 0. The lowest BCUT2D eigenvalue weighted by Crippen LogP contribution is -2.47. The van der Waals surface area contributed by atoms with Crippen LogP contribution in [0, 0.1) is 6.92 Å². The fourth-order valence-corrected chi connectivity index (χ4v) is 6.64. The molecule has 0 atom stereocenters. The molecular formula is C36H48Cl4N10O4. The number of alkyl halides is 1. The molecule has 0 radical (unpaired) electrons. The van der Waals surface area contributed by atoms with E-state index in [0.717, 1.165) is 100 Å². The molecule has 6 heterocycles. The molecule has 0 aliphatic carbocycles. The Morgan fingerprint density at radius 1 is 0.704 bits per heavy atom. The zero-order valence-corrected chi connectivity index (χ0v) is 32.4. The monoisotopic (exact) mass is 824 g/mol. The number of carbonyl (C=O) groups is 4. The second-order valence-electron chi connectivity index (χ2n) is 12.3. The highest BCUT2D eigenvalue weighted by molar-refractivity contribution is 6.24. The van der Waals surface area contributed by atoms with Gasteiger partial charge in [-0.05, 0) is 43.3 Å². The third-order valence-corrected chi connectivity index (χ3v) is 9.21. The number of aromatic nitrogens is 4. The van der Waals surface area contributed by atoms with Crippen LogP contribution in [0.4, 0.5) is 11.4 Å². The summed E-state index contributed by atoms with van der Waals surface area (Å²) in [4.78, 5) is 53.9. The lowest BCUT2D eigenvalue weighted by atomic mass is 10.1. The van der Waals surface area contributed by atoms with Gasteiger partial charge in [0, 0.05) is 95.2 Å². The molecule has 14 nitrogen and oxygen atoms in total. The number of rotatable bonds is 7. The maximum absolute atomic E-state index is 12.1. The molecule has 8 rings (SSSR count). The summed E-state index contributed by atoms with van der Waals surface area (Å²) in [5, 5.41) is 21.8. The van der Waals surface area contributed by atoms with E-state index >= 15 is 0 Å². The maximum atomic E-state index is 12.1. The van der Waals surface area contributed by atoms with Crippen LogP contribution in [-0.4, -0.2) is 114 Å². The first-order valence-electron chi connectivity index (χ1n) is 16.8. The molecule has 0 saturated carbocycles. The predicted octanol–water partition coefficient (Wildman–Crippen LogP) is 4.04. The highest BCUT2D eigenvalue weighted by Crippen LogP contribution is 2.29. The van der Waals surface area contributed by atoms with Crippen LogP contribution >= 0.6 is 48.8 Å². The highest BCUT2D eigenvalue weighted by Gasteiger charge is 2.32. The minimum absolute atomic E-state index is 0. The van der Waals surface area contributed by atoms with E-state index in [1.165, 1.54) is 0 Å². The first-order valence-corrected chi connectivity index (χ1v) is 17.3. The highest BCUT2D eigenvalue weighted by atomic mass is 35.5. The zero-order chi connectivity index (χ0) is 35.0. The number of halogens is 4. The van der Waals surface area contributed by atoms with Gasteiger partial charge in [0.1, 0.15) is 0 Å². The summed E-state index contributed by atoms with van der Waals surface area (Å²) in [6, 6.07) is 14.9. The van der Waals surface area contributed by atoms with Crippen molar-refractivity contribution in [2.24, 2.45) is 0 Å². The van der Waals surface area contributed by atoms with Crippen LogP contribution in [0.1, 0.15) is 65.9 Å². The summed E-state index contributed by atoms with van der Waals surface area (Å²) < 4.78 is 0. The van der Waals surface area contributed by atoms with Crippen LogP contribution < -0.4 is 25.8 Å². The lowest BCUT2D eigenvalue weighted by Gasteiger charge is -2.36. The molecule has 294 valence electrons. The van der Waals surface area contributed by atoms with Crippen LogP contribution in [-0.2, 0) is 12.8 Å². The van der Waals surface area contributed by atoms with Crippen LogP contribution in [0.5, 0.6) is 0 Å². The van der Waals surface area contributed by atoms with E-state index in [0.29, 0.717) is 28.1 Å². The van der Waals surface area contributed by atoms with Crippen molar-refractivity contribution in [1.82, 2.24) is 41.2 Å². The van der Waals surface area contributed by atoms with Crippen LogP contribution in [0.3, 0.4) is 0 Å². The summed E-state index contributed by atoms with van der Waals surface area (Å²) in [5.74, 6) is -0.506. The molecule has 18 heteroatoms. The van der Waals surface area contributed by atoms with E-state index in [9.17, 15) is 19.2 Å². The Hall–Kier alpha value is -4.18. The number of carbonyl (C=O) groups excluding carboxylic acids is 4. The Balaban J connectivity index is 0.000000296. The number of hydrogen-bond acceptors (Lipinski definition) is 10. The van der Waals surface area contributed by atoms with Gasteiger partial charge >= 0.3 is 0 Å². The molecule has 0 spiro atoms. The van der Waals surface area contributed by atoms with Crippen molar-refractivity contribution in [3.05, 3.63) is 94.1 Å². The van der Waals surface area contributed by atoms with E-state index in [-0.39, 0.29) is 68.3 Å². The van der Waals surface area contributed by atoms with Crippen molar-refractivity contribution in [2.45, 2.75) is 27.2 Å². The number of piperazine rings is 2. The molecular weight excluding hydrogens is 778 g/mol. The quantitative estimate of drug-likeness (QED) is 0.135. The topological polar surface area (TPSA) is 171 Å². The molecule has 0 bridgehead atoms. The van der Waals surface area contributed by atoms with Gasteiger partial charge < -0.3 is 15.1 Å². The fourth-order valence-electron chi connectivity index (χ4n) is 6.45. The van der Waals surface area contributed by atoms with Gasteiger partial charge in [-0.15, -0.1) is 48.8 Å². The average molecular weight is 827 g/mol. The van der Waals surface area contributed by atoms with Gasteiger partial charge in [-0.2, -0.15) is 10.2 Å². The number of fused-ring (bicyclic) bond motifs is 2. The third kappa shape index (κ3) is 11.0. The first kappa shape index (κ1) is 46.0. The van der Waals surface area contributed by atoms with Gasteiger partial charge in [0.05, 0.1) is 39.3 Å². The summed E-state index contributed by atoms with van der Waals surface area (Å²) in [6.07, 6.45) is 3.58. The number of amides is 4. The molecule has 54 heavy (non-hydrogen) atoms. The van der Waals surface area contributed by atoms with E-state index in [4.69, 9.17) is 11.6 Å². The number of imide groups is 2. The van der Waals surface area contributed by atoms with Crippen LogP contribution in [0.2, 0.25) is 0 Å². The molecule has 2 aromatic heterocycles. The van der Waals surface area contributed by atoms with Gasteiger partial charge in [0.25, 0.3) is 23.6 Å². The van der Waals surface area contributed by atoms with E-state index in [1.807, 2.05) is 43.3 Å². The van der Waals surface area contributed by atoms with Crippen LogP contribution in [0.25, 0.3) is 0 Å². The molecule has 4 amide bonds. The fraction of sp³-hybridized carbons (Fsp3) is 0.389. The Morgan fingerprint density at radius 2 is 1.26 bits per heavy atom. The molecule has 5 N–H and O–H groups in total. The number of nitrogens with zero attached hydrogens (tertiary/aromatic N) is 5. The zero-order valence-electron chi connectivity index (χ0n) is 29.2. The van der Waals surface area contributed by atoms with Gasteiger partial charge in [-0.1, -0.05) is 19.6 Å². The number of anilines is 2. The number of aromatic amines is 2. The molecule has 2 aromatic carbocycles. The Kier molecular flexibility index (Phi) is 18.4. The molecule has 2 saturated heterocycles. The Morgan fingerprint density at radius 3 is 1.74 bits per heavy atom. The largest absolute Gasteiger partial charge is 0.368 e. The number of hydrogen-bond donors (Lipinski definition) is 5. The molecule has 4 aliphatic rings. The molecule has 4 aliphatic heterocycles. The SMILES string of the molecule is C.Cc1cc(CCCl)n[nH]1.Cl.Cl.Cl.O=C1NC(=O)c2c1cccc2N1CCN(CCc2ccn[nH]2)CC1.O=C1NC(=O)c2c1cccc2N1CCNCC1. The standard InChI is InChI=1S/C17H19N5O2.C12H13N3O2.C6H9ClN2.CH4.3ClH/c23-16-13-2-1-3-14(15(13)17(24)19-16)22-10-8-21(9-11-22)7-5-12-4-6-18-20-12;16-11-8-2-1-3-9(10(8)12(17)14-11)15-6-4-13-5-7-15;1-5-4-6(2-3-7)9-8-5;;;;/h1-4,6H,5,7-11H2,(H,18,20)(H,19,23,24);1-3,13H,4-7H2,(H,14,16,17);4H,2-3H2,1H3,(H,8,9);1H4;3*1H. The smallest absolute Gasteiger partial charge is 0.261 e. The van der Waals surface area contributed by atoms with Crippen LogP contribution in [0.15, 0.2) is 54.7 Å². The minimum atomic E-state index is -0.296. The van der Waals surface area contributed by atoms with Gasteiger partial charge in [0.15, 0.2) is 0 Å². The number of nitrogens with one attached hydrogen (secondary N) is 5. The van der Waals surface area contributed by atoms with E-state index in [1.54, 1.807) is 18.3 Å². The number of aryl methyl sites for hydroxylation is 2. The number of H-pyrrole nitrogens is 2. The minimum Gasteiger partial charge on any atom is -0.368 e. The van der Waals surface area contributed by atoms with Gasteiger partial charge in [0.2, 0.25) is 0 Å². The van der Waals surface area contributed by atoms with E-state index < -0.39 is 0 Å². The summed E-state index contributed by atoms with van der Waals surface area (Å²) in [5.41, 5.74) is 7.04. The van der Waals surface area contributed by atoms with Crippen molar-refractivity contribution >= 4 is 83.8 Å². The van der Waals surface area contributed by atoms with Gasteiger partial charge in [-0.3, -0.25) is 44.9 Å². The molecule has 4 aromatic rings. The lowest BCUT2D eigenvalue weighted by molar-refractivity contribution is 0.0863. The number of benzene rings is 2. The van der Waals surface area contributed by atoms with Gasteiger partial charge in [-0.25, -0.2) is 0 Å². The predicted molar refractivity (Wildman–Crippen MR) is 219 cm³/mol.